The van der Waals surface area contributed by atoms with Gasteiger partial charge in [-0.1, -0.05) is 27.7 Å². The maximum absolute atomic E-state index is 14.0. The average molecular weight is 447 g/mol. The normalized spacial score (nSPS) is 46.7. The van der Waals surface area contributed by atoms with Gasteiger partial charge in [0.15, 0.2) is 0 Å². The Morgan fingerprint density at radius 3 is 2.44 bits per heavy atom. The predicted molar refractivity (Wildman–Crippen MR) is 126 cm³/mol. The highest BCUT2D eigenvalue weighted by molar-refractivity contribution is 5.86. The summed E-state index contributed by atoms with van der Waals surface area (Å²) in [6, 6.07) is 0. The van der Waals surface area contributed by atoms with Crippen LogP contribution < -0.4 is 0 Å². The molecule has 32 heavy (non-hydrogen) atoms. The molecule has 4 saturated carbocycles. The maximum Gasteiger partial charge on any atom is 0.305 e. The summed E-state index contributed by atoms with van der Waals surface area (Å²) < 4.78 is 5.16. The van der Waals surface area contributed by atoms with E-state index in [1.54, 1.807) is 0 Å². The Morgan fingerprint density at radius 2 is 1.75 bits per heavy atom. The molecule has 0 saturated heterocycles. The average Bonchev–Trinajstić information content (AvgIpc) is 3.11. The van der Waals surface area contributed by atoms with E-state index in [4.69, 9.17) is 4.74 Å². The minimum atomic E-state index is -0.226. The van der Waals surface area contributed by atoms with Crippen LogP contribution in [0.5, 0.6) is 0 Å². The largest absolute Gasteiger partial charge is 0.466 e. The summed E-state index contributed by atoms with van der Waals surface area (Å²) in [5.74, 6) is 3.20. The van der Waals surface area contributed by atoms with Gasteiger partial charge in [0, 0.05) is 18.3 Å². The highest BCUT2D eigenvalue weighted by atomic mass is 16.5. The lowest BCUT2D eigenvalue weighted by Gasteiger charge is -2.62. The summed E-state index contributed by atoms with van der Waals surface area (Å²) in [7, 11) is 0. The number of carbonyl (C=O) groups is 2. The van der Waals surface area contributed by atoms with Crippen molar-refractivity contribution < 1.29 is 19.4 Å². The lowest BCUT2D eigenvalue weighted by atomic mass is 9.42. The topological polar surface area (TPSA) is 63.6 Å². The Bertz CT molecular complexity index is 718. The summed E-state index contributed by atoms with van der Waals surface area (Å²) in [5, 5.41) is 10.4. The van der Waals surface area contributed by atoms with Crippen molar-refractivity contribution in [1.82, 2.24) is 0 Å². The zero-order chi connectivity index (χ0) is 23.3. The Morgan fingerprint density at radius 1 is 1.06 bits per heavy atom. The van der Waals surface area contributed by atoms with Gasteiger partial charge in [0.1, 0.15) is 5.78 Å². The van der Waals surface area contributed by atoms with Gasteiger partial charge in [-0.05, 0) is 105 Å². The van der Waals surface area contributed by atoms with Crippen LogP contribution in [0.4, 0.5) is 0 Å². The summed E-state index contributed by atoms with van der Waals surface area (Å²) in [4.78, 5) is 25.9. The van der Waals surface area contributed by atoms with Crippen LogP contribution in [0.25, 0.3) is 0 Å². The molecule has 4 aliphatic carbocycles. The first-order chi connectivity index (χ1) is 15.2. The number of rotatable bonds is 6. The van der Waals surface area contributed by atoms with Gasteiger partial charge in [0.05, 0.1) is 12.7 Å². The van der Waals surface area contributed by atoms with Gasteiger partial charge in [-0.25, -0.2) is 0 Å². The first-order valence-electron chi connectivity index (χ1n) is 13.5. The van der Waals surface area contributed by atoms with Crippen molar-refractivity contribution >= 4 is 11.8 Å². The van der Waals surface area contributed by atoms with Crippen LogP contribution in [0.2, 0.25) is 0 Å². The van der Waals surface area contributed by atoms with Crippen LogP contribution in [0.1, 0.15) is 98.8 Å². The zero-order valence-corrected chi connectivity index (χ0v) is 21.1. The number of ether oxygens (including phenoxy) is 1. The molecular weight excluding hydrogens is 400 g/mol. The number of aliphatic hydroxyl groups excluding tert-OH is 1. The lowest BCUT2D eigenvalue weighted by molar-refractivity contribution is -0.173. The van der Waals surface area contributed by atoms with E-state index in [2.05, 4.69) is 27.7 Å². The molecule has 0 bridgehead atoms. The second kappa shape index (κ2) is 9.04. The van der Waals surface area contributed by atoms with Crippen LogP contribution in [0.3, 0.4) is 0 Å². The molecule has 1 N–H and O–H groups in total. The number of ketones is 1. The highest BCUT2D eigenvalue weighted by Gasteiger charge is 2.65. The lowest BCUT2D eigenvalue weighted by Crippen LogP contribution is -2.60. The first-order valence-corrected chi connectivity index (χ1v) is 13.5. The van der Waals surface area contributed by atoms with E-state index >= 15 is 0 Å². The molecule has 0 heterocycles. The van der Waals surface area contributed by atoms with E-state index in [9.17, 15) is 14.7 Å². The van der Waals surface area contributed by atoms with Gasteiger partial charge in [-0.3, -0.25) is 9.59 Å². The molecule has 4 rings (SSSR count). The van der Waals surface area contributed by atoms with Crippen molar-refractivity contribution in [3.05, 3.63) is 0 Å². The van der Waals surface area contributed by atoms with Crippen LogP contribution in [0.15, 0.2) is 0 Å². The Hall–Kier alpha value is -0.900. The number of Topliss-reactive ketones (excluding diaryl/α,β-unsaturated/α-hetero) is 1. The predicted octanol–water partition coefficient (Wildman–Crippen LogP) is 5.80. The standard InChI is InChI=1S/C28H46O4/c1-6-19-23-16-18(29)12-14-28(23,5)22-13-15-27(4)20(9-10-21(27)25(22)26(19)31)17(3)8-11-24(30)32-7-2/h17-23,25,29H,6-16H2,1-5H3/t17-,18-,19-,20-,21?,22?,23?,25+,27?,28?/m1/s1. The molecule has 4 aliphatic rings. The zero-order valence-electron chi connectivity index (χ0n) is 21.1. The van der Waals surface area contributed by atoms with Crippen molar-refractivity contribution in [1.29, 1.82) is 0 Å². The van der Waals surface area contributed by atoms with E-state index in [0.29, 0.717) is 48.4 Å². The van der Waals surface area contributed by atoms with Gasteiger partial charge < -0.3 is 9.84 Å². The van der Waals surface area contributed by atoms with Gasteiger partial charge >= 0.3 is 5.97 Å². The molecule has 0 amide bonds. The second-order valence-corrected chi connectivity index (χ2v) is 12.2. The molecule has 182 valence electrons. The van der Waals surface area contributed by atoms with Gasteiger partial charge in [0.25, 0.3) is 0 Å². The quantitative estimate of drug-likeness (QED) is 0.524. The van der Waals surface area contributed by atoms with Crippen LogP contribution in [-0.2, 0) is 14.3 Å². The molecule has 0 aliphatic heterocycles. The minimum absolute atomic E-state index is 0.0746. The molecule has 4 nitrogen and oxygen atoms in total. The summed E-state index contributed by atoms with van der Waals surface area (Å²) in [6.07, 6.45) is 9.61. The minimum Gasteiger partial charge on any atom is -0.466 e. The molecule has 10 atom stereocenters. The van der Waals surface area contributed by atoms with E-state index in [1.807, 2.05) is 6.92 Å². The number of aliphatic hydroxyl groups is 1. The summed E-state index contributed by atoms with van der Waals surface area (Å²) >= 11 is 0. The molecule has 4 fully saturated rings. The third-order valence-electron chi connectivity index (χ3n) is 11.0. The number of esters is 1. The van der Waals surface area contributed by atoms with Gasteiger partial charge in [-0.15, -0.1) is 0 Å². The highest BCUT2D eigenvalue weighted by Crippen LogP contribution is 2.68. The Balaban J connectivity index is 1.56. The summed E-state index contributed by atoms with van der Waals surface area (Å²) in [5.41, 5.74) is 0.411. The SMILES string of the molecule is CCOC(=O)CC[C@@H](C)[C@H]1CCC2[C@@H]3C(=O)[C@H](CC)C4C[C@H](O)CCC4(C)C3CCC21C. The summed E-state index contributed by atoms with van der Waals surface area (Å²) in [6.45, 7) is 11.8. The molecule has 4 heteroatoms. The van der Waals surface area contributed by atoms with Gasteiger partial charge in [-0.2, -0.15) is 0 Å². The first kappa shape index (κ1) is 24.2. The molecule has 0 spiro atoms. The van der Waals surface area contributed by atoms with E-state index in [1.165, 1.54) is 12.8 Å². The van der Waals surface area contributed by atoms with Crippen molar-refractivity contribution in [2.45, 2.75) is 105 Å². The fourth-order valence-corrected chi connectivity index (χ4v) is 9.39. The fraction of sp³-hybridized carbons (Fsp3) is 0.929. The van der Waals surface area contributed by atoms with Crippen LogP contribution in [0, 0.1) is 52.3 Å². The number of fused-ring (bicyclic) bond motifs is 5. The Labute approximate surface area is 195 Å². The smallest absolute Gasteiger partial charge is 0.305 e. The van der Waals surface area contributed by atoms with E-state index in [0.717, 1.165) is 44.9 Å². The molecular formula is C28H46O4. The van der Waals surface area contributed by atoms with Crippen molar-refractivity contribution in [3.8, 4) is 0 Å². The van der Waals surface area contributed by atoms with Crippen molar-refractivity contribution in [2.75, 3.05) is 6.61 Å². The van der Waals surface area contributed by atoms with E-state index in [-0.39, 0.29) is 34.7 Å². The van der Waals surface area contributed by atoms with E-state index < -0.39 is 0 Å². The number of carbonyl (C=O) groups excluding carboxylic acids is 2. The monoisotopic (exact) mass is 446 g/mol. The molecule has 0 aromatic carbocycles. The van der Waals surface area contributed by atoms with Gasteiger partial charge in [0.2, 0.25) is 0 Å². The third kappa shape index (κ3) is 3.77. The van der Waals surface area contributed by atoms with Crippen LogP contribution >= 0.6 is 0 Å². The molecule has 0 radical (unpaired) electrons. The Kier molecular flexibility index (Phi) is 6.85. The number of hydrogen-bond acceptors (Lipinski definition) is 4. The maximum atomic E-state index is 14.0. The van der Waals surface area contributed by atoms with Crippen LogP contribution in [-0.4, -0.2) is 29.6 Å². The number of hydrogen-bond donors (Lipinski definition) is 1. The van der Waals surface area contributed by atoms with Crippen molar-refractivity contribution in [3.63, 3.8) is 0 Å². The molecule has 0 aromatic rings. The molecule has 5 unspecified atom stereocenters. The fourth-order valence-electron chi connectivity index (χ4n) is 9.39. The second-order valence-electron chi connectivity index (χ2n) is 12.2. The molecule has 0 aromatic heterocycles. The third-order valence-corrected chi connectivity index (χ3v) is 11.0. The van der Waals surface area contributed by atoms with Crippen molar-refractivity contribution in [2.24, 2.45) is 52.3 Å².